The van der Waals surface area contributed by atoms with Gasteiger partial charge in [0.05, 0.1) is 12.2 Å². The van der Waals surface area contributed by atoms with Gasteiger partial charge in [-0.2, -0.15) is 0 Å². The molecule has 5 fully saturated rings. The second-order valence-corrected chi connectivity index (χ2v) is 9.30. The van der Waals surface area contributed by atoms with Gasteiger partial charge in [0.15, 0.2) is 5.78 Å². The number of ketones is 1. The van der Waals surface area contributed by atoms with Crippen molar-refractivity contribution in [2.24, 2.45) is 34.5 Å². The highest BCUT2D eigenvalue weighted by Crippen LogP contribution is 2.68. The molecule has 5 aliphatic rings. The average molecular weight is 304 g/mol. The lowest BCUT2D eigenvalue weighted by molar-refractivity contribution is -0.136. The van der Waals surface area contributed by atoms with Gasteiger partial charge in [0.1, 0.15) is 6.10 Å². The standard InChI is InChI=1S/C19H28O3/c1-18-8-7-13-11(12(18)5-6-15(18)21)4-3-10-9-14(20)16-17(22-16)19(10,13)2/h10-13,15-17,21H,3-9H2,1-2H3/t10-,11+,12+,13+,15+,16+,17+,18+,19+/m1/s1. The van der Waals surface area contributed by atoms with Crippen LogP contribution in [0.4, 0.5) is 0 Å². The Morgan fingerprint density at radius 2 is 1.91 bits per heavy atom. The zero-order valence-corrected chi connectivity index (χ0v) is 13.8. The molecule has 1 N–H and O–H groups in total. The molecule has 3 nitrogen and oxygen atoms in total. The molecule has 0 spiro atoms. The molecule has 1 saturated heterocycles. The predicted octanol–water partition coefficient (Wildman–Crippen LogP) is 2.95. The smallest absolute Gasteiger partial charge is 0.164 e. The van der Waals surface area contributed by atoms with Crippen LogP contribution in [-0.4, -0.2) is 29.2 Å². The summed E-state index contributed by atoms with van der Waals surface area (Å²) in [6.45, 7) is 4.76. The van der Waals surface area contributed by atoms with Crippen LogP contribution in [0.25, 0.3) is 0 Å². The van der Waals surface area contributed by atoms with Crippen LogP contribution >= 0.6 is 0 Å². The summed E-state index contributed by atoms with van der Waals surface area (Å²) in [6, 6.07) is 0. The third kappa shape index (κ3) is 1.48. The Bertz CT molecular complexity index is 531. The Balaban J connectivity index is 1.50. The monoisotopic (exact) mass is 304 g/mol. The molecule has 0 aromatic heterocycles. The van der Waals surface area contributed by atoms with Crippen molar-refractivity contribution in [1.82, 2.24) is 0 Å². The molecule has 5 rings (SSSR count). The van der Waals surface area contributed by atoms with E-state index in [4.69, 9.17) is 4.74 Å². The number of Topliss-reactive ketones (excluding diaryl/α,β-unsaturated/α-hetero) is 1. The quantitative estimate of drug-likeness (QED) is 0.700. The highest BCUT2D eigenvalue weighted by molar-refractivity contribution is 5.87. The van der Waals surface area contributed by atoms with E-state index in [0.717, 1.165) is 25.2 Å². The first-order valence-corrected chi connectivity index (χ1v) is 9.32. The number of aliphatic hydroxyl groups is 1. The maximum Gasteiger partial charge on any atom is 0.164 e. The van der Waals surface area contributed by atoms with E-state index in [9.17, 15) is 9.90 Å². The van der Waals surface area contributed by atoms with E-state index in [0.29, 0.717) is 23.5 Å². The van der Waals surface area contributed by atoms with E-state index < -0.39 is 0 Å². The van der Waals surface area contributed by atoms with Crippen LogP contribution in [0, 0.1) is 34.5 Å². The third-order valence-corrected chi connectivity index (χ3v) is 8.78. The second-order valence-electron chi connectivity index (χ2n) is 9.30. The molecular formula is C19H28O3. The Hall–Kier alpha value is -0.410. The van der Waals surface area contributed by atoms with Gasteiger partial charge in [0, 0.05) is 11.8 Å². The number of ether oxygens (including phenoxy) is 1. The van der Waals surface area contributed by atoms with E-state index in [-0.39, 0.29) is 29.1 Å². The van der Waals surface area contributed by atoms with Crippen molar-refractivity contribution in [3.05, 3.63) is 0 Å². The third-order valence-electron chi connectivity index (χ3n) is 8.78. The van der Waals surface area contributed by atoms with Crippen LogP contribution in [0.1, 0.15) is 58.8 Å². The number of aliphatic hydroxyl groups excluding tert-OH is 1. The van der Waals surface area contributed by atoms with Gasteiger partial charge in [0.25, 0.3) is 0 Å². The fourth-order valence-corrected chi connectivity index (χ4v) is 7.40. The highest BCUT2D eigenvalue weighted by atomic mass is 16.6. The summed E-state index contributed by atoms with van der Waals surface area (Å²) in [6.07, 6.45) is 7.84. The minimum atomic E-state index is -0.0955. The fraction of sp³-hybridized carbons (Fsp3) is 0.947. The number of fused-ring (bicyclic) bond motifs is 7. The molecule has 3 heteroatoms. The lowest BCUT2D eigenvalue weighted by Gasteiger charge is -2.59. The van der Waals surface area contributed by atoms with Gasteiger partial charge in [0.2, 0.25) is 0 Å². The lowest BCUT2D eigenvalue weighted by Crippen LogP contribution is -2.56. The van der Waals surface area contributed by atoms with Crippen LogP contribution in [0.15, 0.2) is 0 Å². The number of carbonyl (C=O) groups is 1. The largest absolute Gasteiger partial charge is 0.393 e. The Morgan fingerprint density at radius 3 is 2.73 bits per heavy atom. The minimum absolute atomic E-state index is 0.0671. The van der Waals surface area contributed by atoms with Crippen LogP contribution in [-0.2, 0) is 9.53 Å². The summed E-state index contributed by atoms with van der Waals surface area (Å²) in [5, 5.41) is 10.5. The van der Waals surface area contributed by atoms with Gasteiger partial charge in [-0.05, 0) is 67.6 Å². The van der Waals surface area contributed by atoms with E-state index in [1.165, 1.54) is 25.7 Å². The van der Waals surface area contributed by atoms with Gasteiger partial charge in [-0.15, -0.1) is 0 Å². The van der Waals surface area contributed by atoms with Crippen molar-refractivity contribution in [3.63, 3.8) is 0 Å². The molecule has 0 amide bonds. The molecule has 1 heterocycles. The normalized spacial score (nSPS) is 62.7. The summed E-state index contributed by atoms with van der Waals surface area (Å²) >= 11 is 0. The van der Waals surface area contributed by atoms with Crippen LogP contribution in [0.5, 0.6) is 0 Å². The molecule has 122 valence electrons. The number of epoxide rings is 1. The minimum Gasteiger partial charge on any atom is -0.393 e. The van der Waals surface area contributed by atoms with Gasteiger partial charge >= 0.3 is 0 Å². The van der Waals surface area contributed by atoms with Crippen molar-refractivity contribution >= 4 is 5.78 Å². The fourth-order valence-electron chi connectivity index (χ4n) is 7.40. The summed E-state index contributed by atoms with van der Waals surface area (Å²) in [5.74, 6) is 3.05. The van der Waals surface area contributed by atoms with Gasteiger partial charge < -0.3 is 9.84 Å². The summed E-state index contributed by atoms with van der Waals surface area (Å²) in [7, 11) is 0. The van der Waals surface area contributed by atoms with E-state index in [1.807, 2.05) is 0 Å². The molecule has 4 saturated carbocycles. The topological polar surface area (TPSA) is 49.8 Å². The molecular weight excluding hydrogens is 276 g/mol. The first-order chi connectivity index (χ1) is 10.5. The number of hydrogen-bond acceptors (Lipinski definition) is 3. The zero-order chi connectivity index (χ0) is 15.3. The molecule has 0 bridgehead atoms. The molecule has 22 heavy (non-hydrogen) atoms. The first kappa shape index (κ1) is 14.0. The van der Waals surface area contributed by atoms with Crippen molar-refractivity contribution < 1.29 is 14.6 Å². The molecule has 0 aromatic carbocycles. The van der Waals surface area contributed by atoms with Crippen LogP contribution < -0.4 is 0 Å². The maximum absolute atomic E-state index is 12.1. The molecule has 1 aliphatic heterocycles. The van der Waals surface area contributed by atoms with Gasteiger partial charge in [-0.1, -0.05) is 13.8 Å². The lowest BCUT2D eigenvalue weighted by atomic mass is 9.45. The molecule has 0 aromatic rings. The Kier molecular flexibility index (Phi) is 2.64. The first-order valence-electron chi connectivity index (χ1n) is 9.32. The molecule has 4 aliphatic carbocycles. The Labute approximate surface area is 132 Å². The van der Waals surface area contributed by atoms with E-state index in [1.54, 1.807) is 0 Å². The van der Waals surface area contributed by atoms with Crippen molar-refractivity contribution in [3.8, 4) is 0 Å². The van der Waals surface area contributed by atoms with Gasteiger partial charge in [-0.25, -0.2) is 0 Å². The van der Waals surface area contributed by atoms with Crippen LogP contribution in [0.2, 0.25) is 0 Å². The second kappa shape index (κ2) is 4.16. The summed E-state index contributed by atoms with van der Waals surface area (Å²) in [5.41, 5.74) is 0.370. The van der Waals surface area contributed by atoms with Crippen molar-refractivity contribution in [2.45, 2.75) is 77.1 Å². The number of hydrogen-bond donors (Lipinski definition) is 1. The number of carbonyl (C=O) groups excluding carboxylic acids is 1. The average Bonchev–Trinajstić information content (AvgIpc) is 3.24. The van der Waals surface area contributed by atoms with E-state index in [2.05, 4.69) is 13.8 Å². The highest BCUT2D eigenvalue weighted by Gasteiger charge is 2.69. The molecule has 0 unspecified atom stereocenters. The van der Waals surface area contributed by atoms with Gasteiger partial charge in [-0.3, -0.25) is 4.79 Å². The van der Waals surface area contributed by atoms with Crippen molar-refractivity contribution in [1.29, 1.82) is 0 Å². The zero-order valence-electron chi connectivity index (χ0n) is 13.8. The summed E-state index contributed by atoms with van der Waals surface area (Å²) in [4.78, 5) is 12.1. The summed E-state index contributed by atoms with van der Waals surface area (Å²) < 4.78 is 5.87. The maximum atomic E-state index is 12.1. The molecule has 0 radical (unpaired) electrons. The SMILES string of the molecule is C[C@]12CC[C@H]3[C@@H](CC[C@@H]4CC(=O)[C@@H]5O[C@@H]5[C@@]43C)[C@@H]1CC[C@@H]2O. The van der Waals surface area contributed by atoms with Crippen molar-refractivity contribution in [2.75, 3.05) is 0 Å². The molecule has 9 atom stereocenters. The number of rotatable bonds is 0. The van der Waals surface area contributed by atoms with Crippen LogP contribution in [0.3, 0.4) is 0 Å². The predicted molar refractivity (Wildman–Crippen MR) is 82.2 cm³/mol. The van der Waals surface area contributed by atoms with E-state index >= 15 is 0 Å². The Morgan fingerprint density at radius 1 is 1.09 bits per heavy atom.